The molecule has 2 fully saturated rings. The SMILES string of the molecule is C1CCOC1.CC=O.CCC.CCC.CCc1cc(O)ccc1N=C(N)c1cnn2cc(-c3cnccc3N3CCC(NC)CC3)cc2c1N. The van der Waals surface area contributed by atoms with Crippen LogP contribution in [-0.2, 0) is 16.0 Å². The van der Waals surface area contributed by atoms with E-state index in [0.29, 0.717) is 23.0 Å². The number of phenolic OH excluding ortho intramolecular Hbond substituents is 1. The summed E-state index contributed by atoms with van der Waals surface area (Å²) in [5.74, 6) is 0.481. The Labute approximate surface area is 299 Å². The number of hydrogen-bond donors (Lipinski definition) is 4. The third-order valence-electron chi connectivity index (χ3n) is 7.82. The summed E-state index contributed by atoms with van der Waals surface area (Å²) in [5, 5.41) is 17.7. The number of nitrogens with one attached hydrogen (secondary N) is 1. The summed E-state index contributed by atoms with van der Waals surface area (Å²) in [6.45, 7) is 15.9. The van der Waals surface area contributed by atoms with Crippen molar-refractivity contribution in [3.63, 3.8) is 0 Å². The number of nitrogen functional groups attached to an aromatic ring is 1. The summed E-state index contributed by atoms with van der Waals surface area (Å²) < 4.78 is 6.71. The highest BCUT2D eigenvalue weighted by Gasteiger charge is 2.21. The largest absolute Gasteiger partial charge is 0.508 e. The number of aromatic nitrogens is 3. The highest BCUT2D eigenvalue weighted by Crippen LogP contribution is 2.34. The van der Waals surface area contributed by atoms with Crippen LogP contribution in [0.15, 0.2) is 60.1 Å². The molecule has 0 amide bonds. The van der Waals surface area contributed by atoms with Gasteiger partial charge in [-0.3, -0.25) is 4.98 Å². The molecule has 0 atom stereocenters. The molecule has 6 rings (SSSR count). The van der Waals surface area contributed by atoms with Crippen molar-refractivity contribution in [2.75, 3.05) is 44.0 Å². The highest BCUT2D eigenvalue weighted by atomic mass is 16.5. The van der Waals surface area contributed by atoms with Gasteiger partial charge in [0.1, 0.15) is 17.9 Å². The molecular formula is C39H60N8O3. The molecule has 2 aliphatic heterocycles. The van der Waals surface area contributed by atoms with Gasteiger partial charge >= 0.3 is 0 Å². The van der Waals surface area contributed by atoms with E-state index in [2.05, 4.69) is 59.1 Å². The summed E-state index contributed by atoms with van der Waals surface area (Å²) in [6.07, 6.45) is 16.1. The molecule has 11 heteroatoms. The van der Waals surface area contributed by atoms with Crippen LogP contribution >= 0.6 is 0 Å². The lowest BCUT2D eigenvalue weighted by Crippen LogP contribution is -2.41. The fourth-order valence-electron chi connectivity index (χ4n) is 5.39. The molecule has 50 heavy (non-hydrogen) atoms. The number of nitrogens with two attached hydrogens (primary N) is 2. The van der Waals surface area contributed by atoms with Crippen LogP contribution in [0.25, 0.3) is 16.6 Å². The predicted molar refractivity (Wildman–Crippen MR) is 209 cm³/mol. The van der Waals surface area contributed by atoms with Crippen molar-refractivity contribution >= 4 is 34.7 Å². The number of aliphatic imine (C=N–C) groups is 1. The van der Waals surface area contributed by atoms with Crippen LogP contribution in [0.3, 0.4) is 0 Å². The number of aldehydes is 1. The number of ether oxygens (including phenoxy) is 1. The molecule has 0 radical (unpaired) electrons. The van der Waals surface area contributed by atoms with Gasteiger partial charge in [-0.1, -0.05) is 47.5 Å². The molecule has 0 unspecified atom stereocenters. The minimum atomic E-state index is 0.203. The molecule has 11 nitrogen and oxygen atoms in total. The number of hydrogen-bond acceptors (Lipinski definition) is 9. The highest BCUT2D eigenvalue weighted by molar-refractivity contribution is 6.06. The number of carbonyl (C=O) groups is 1. The van der Waals surface area contributed by atoms with Crippen LogP contribution < -0.4 is 21.7 Å². The minimum Gasteiger partial charge on any atom is -0.508 e. The van der Waals surface area contributed by atoms with E-state index in [9.17, 15) is 5.11 Å². The number of phenols is 1. The lowest BCUT2D eigenvalue weighted by molar-refractivity contribution is -0.106. The van der Waals surface area contributed by atoms with Crippen molar-refractivity contribution in [1.29, 1.82) is 0 Å². The molecule has 0 spiro atoms. The number of carbonyl (C=O) groups excluding carboxylic acids is 1. The second-order valence-corrected chi connectivity index (χ2v) is 12.1. The lowest BCUT2D eigenvalue weighted by Gasteiger charge is -2.34. The predicted octanol–water partition coefficient (Wildman–Crippen LogP) is 7.31. The quantitative estimate of drug-likeness (QED) is 0.0927. The minimum absolute atomic E-state index is 0.203. The molecule has 6 N–H and O–H groups in total. The Morgan fingerprint density at radius 1 is 1.06 bits per heavy atom. The second kappa shape index (κ2) is 23.0. The van der Waals surface area contributed by atoms with Gasteiger partial charge in [-0.15, -0.1) is 0 Å². The Bertz CT molecular complexity index is 1580. The normalized spacial score (nSPS) is 14.2. The van der Waals surface area contributed by atoms with E-state index in [1.165, 1.54) is 32.6 Å². The van der Waals surface area contributed by atoms with Crippen LogP contribution in [0.1, 0.15) is 91.2 Å². The molecule has 0 bridgehead atoms. The van der Waals surface area contributed by atoms with E-state index >= 15 is 0 Å². The Morgan fingerprint density at radius 3 is 2.26 bits per heavy atom. The molecule has 274 valence electrons. The molecule has 0 saturated carbocycles. The van der Waals surface area contributed by atoms with Crippen LogP contribution in [-0.4, -0.2) is 71.2 Å². The number of benzene rings is 1. The van der Waals surface area contributed by atoms with Crippen molar-refractivity contribution in [2.45, 2.75) is 92.5 Å². The summed E-state index contributed by atoms with van der Waals surface area (Å²) in [4.78, 5) is 20.2. The number of pyridine rings is 1. The molecule has 5 heterocycles. The number of fused-ring (bicyclic) bond motifs is 1. The molecule has 2 saturated heterocycles. The lowest BCUT2D eigenvalue weighted by atomic mass is 10.0. The number of aryl methyl sites for hydroxylation is 1. The first-order chi connectivity index (χ1) is 24.2. The van der Waals surface area contributed by atoms with Gasteiger partial charge in [0.05, 0.1) is 28.7 Å². The maximum Gasteiger partial charge on any atom is 0.135 e. The summed E-state index contributed by atoms with van der Waals surface area (Å²) in [7, 11) is 2.03. The van der Waals surface area contributed by atoms with Crippen molar-refractivity contribution in [2.24, 2.45) is 10.7 Å². The van der Waals surface area contributed by atoms with Crippen LogP contribution in [0, 0.1) is 0 Å². The van der Waals surface area contributed by atoms with E-state index in [-0.39, 0.29) is 11.6 Å². The first-order valence-corrected chi connectivity index (χ1v) is 18.0. The van der Waals surface area contributed by atoms with E-state index in [1.54, 1.807) is 28.9 Å². The summed E-state index contributed by atoms with van der Waals surface area (Å²) in [6, 6.07) is 9.71. The van der Waals surface area contributed by atoms with Gasteiger partial charge in [0.25, 0.3) is 0 Å². The standard InChI is InChI=1S/C27H32N8O.C4H8O.2C3H8.C2H4O/c1-3-17-12-20(36)4-5-23(17)33-27(29)22-15-32-35-16-18(13-25(35)26(22)28)21-14-31-9-6-24(21)34-10-7-19(30-2)8-11-34;1-2-4-5-3-1;2*1-3-2;1-2-3/h4-6,9,12-16,19,30,36H,3,7-8,10-11,28H2,1-2H3,(H2,29,33);1-4H2;2*3H2,1-2H3;2H,1H3. The van der Waals surface area contributed by atoms with Gasteiger partial charge in [-0.05, 0) is 82.0 Å². The number of nitrogens with zero attached hydrogens (tertiary/aromatic N) is 5. The number of aromatic hydroxyl groups is 1. The Kier molecular flexibility index (Phi) is 19.2. The second-order valence-electron chi connectivity index (χ2n) is 12.1. The fourth-order valence-corrected chi connectivity index (χ4v) is 5.39. The fraction of sp³-hybridized carbons (Fsp3) is 0.487. The van der Waals surface area contributed by atoms with E-state index in [4.69, 9.17) is 21.0 Å². The smallest absolute Gasteiger partial charge is 0.135 e. The zero-order valence-corrected chi connectivity index (χ0v) is 31.3. The third kappa shape index (κ3) is 12.4. The van der Waals surface area contributed by atoms with Crippen LogP contribution in [0.5, 0.6) is 5.75 Å². The summed E-state index contributed by atoms with van der Waals surface area (Å²) in [5.41, 5.74) is 19.6. The number of piperidine rings is 1. The maximum absolute atomic E-state index is 9.78. The average Bonchev–Trinajstić information content (AvgIpc) is 3.85. The first-order valence-electron chi connectivity index (χ1n) is 18.0. The molecule has 4 aromatic rings. The van der Waals surface area contributed by atoms with Gasteiger partial charge in [-0.25, -0.2) is 9.51 Å². The van der Waals surface area contributed by atoms with Crippen LogP contribution in [0.4, 0.5) is 17.1 Å². The molecule has 3 aromatic heterocycles. The van der Waals surface area contributed by atoms with Gasteiger partial charge in [0.2, 0.25) is 0 Å². The topological polar surface area (TPSA) is 156 Å². The number of anilines is 2. The van der Waals surface area contributed by atoms with Crippen molar-refractivity contribution < 1.29 is 14.6 Å². The van der Waals surface area contributed by atoms with E-state index in [0.717, 1.165) is 79.7 Å². The average molecular weight is 689 g/mol. The van der Waals surface area contributed by atoms with Gasteiger partial charge in [0, 0.05) is 67.7 Å². The Morgan fingerprint density at radius 2 is 1.70 bits per heavy atom. The van der Waals surface area contributed by atoms with Crippen molar-refractivity contribution in [3.8, 4) is 16.9 Å². The Balaban J connectivity index is 0.000000526. The van der Waals surface area contributed by atoms with Crippen molar-refractivity contribution in [1.82, 2.24) is 19.9 Å². The van der Waals surface area contributed by atoms with Gasteiger partial charge in [0.15, 0.2) is 0 Å². The molecule has 0 aliphatic carbocycles. The number of rotatable bonds is 6. The monoisotopic (exact) mass is 688 g/mol. The number of amidine groups is 1. The molecule has 1 aromatic carbocycles. The van der Waals surface area contributed by atoms with Gasteiger partial charge < -0.3 is 36.3 Å². The Hall–Kier alpha value is -4.48. The first kappa shape index (κ1) is 41.7. The summed E-state index contributed by atoms with van der Waals surface area (Å²) >= 11 is 0. The van der Waals surface area contributed by atoms with E-state index in [1.807, 2.05) is 38.6 Å². The van der Waals surface area contributed by atoms with Crippen molar-refractivity contribution in [3.05, 3.63) is 66.2 Å². The molecular weight excluding hydrogens is 628 g/mol. The zero-order chi connectivity index (χ0) is 36.9. The van der Waals surface area contributed by atoms with Gasteiger partial charge in [-0.2, -0.15) is 5.10 Å². The molecule has 2 aliphatic rings. The van der Waals surface area contributed by atoms with E-state index < -0.39 is 0 Å². The zero-order valence-electron chi connectivity index (χ0n) is 31.3. The third-order valence-corrected chi connectivity index (χ3v) is 7.82. The van der Waals surface area contributed by atoms with Crippen LogP contribution in [0.2, 0.25) is 0 Å². The maximum atomic E-state index is 9.78.